The van der Waals surface area contributed by atoms with Gasteiger partial charge in [0.2, 0.25) is 5.01 Å². The minimum absolute atomic E-state index is 0.141. The summed E-state index contributed by atoms with van der Waals surface area (Å²) in [5.41, 5.74) is 3.21. The van der Waals surface area contributed by atoms with Crippen molar-refractivity contribution in [2.24, 2.45) is 0 Å². The molecule has 0 saturated heterocycles. The number of nitrogens with one attached hydrogen (secondary N) is 1. The summed E-state index contributed by atoms with van der Waals surface area (Å²) in [6.07, 6.45) is 0. The Hall–Kier alpha value is -1.72. The molecule has 0 spiro atoms. The molecule has 2 rings (SSSR count). The van der Waals surface area contributed by atoms with E-state index in [2.05, 4.69) is 41.5 Å². The Balaban J connectivity index is 1.84. The van der Waals surface area contributed by atoms with Crippen molar-refractivity contribution in [1.82, 2.24) is 10.3 Å². The molecule has 0 aliphatic rings. The molecule has 5 heteroatoms. The van der Waals surface area contributed by atoms with Crippen LogP contribution < -0.4 is 5.32 Å². The zero-order valence-electron chi connectivity index (χ0n) is 10.0. The van der Waals surface area contributed by atoms with Crippen molar-refractivity contribution in [3.63, 3.8) is 0 Å². The summed E-state index contributed by atoms with van der Waals surface area (Å²) < 4.78 is 0. The molecule has 0 atom stereocenters. The predicted octanol–water partition coefficient (Wildman–Crippen LogP) is 2.44. The van der Waals surface area contributed by atoms with Gasteiger partial charge in [0, 0.05) is 18.5 Å². The Morgan fingerprint density at radius 3 is 2.67 bits per heavy atom. The Labute approximate surface area is 109 Å². The van der Waals surface area contributed by atoms with Gasteiger partial charge in [-0.1, -0.05) is 29.8 Å². The fraction of sp³-hybridized carbons (Fsp3) is 0.231. The molecule has 0 aliphatic carbocycles. The Morgan fingerprint density at radius 1 is 1.33 bits per heavy atom. The second kappa shape index (κ2) is 5.75. The summed E-state index contributed by atoms with van der Waals surface area (Å²) in [4.78, 5) is 14.7. The van der Waals surface area contributed by atoms with Crippen molar-refractivity contribution in [2.75, 3.05) is 0 Å². The van der Waals surface area contributed by atoms with Gasteiger partial charge in [-0.05, 0) is 12.5 Å². The summed E-state index contributed by atoms with van der Waals surface area (Å²) in [5, 5.41) is 13.9. The Bertz CT molecular complexity index is 534. The van der Waals surface area contributed by atoms with Crippen molar-refractivity contribution >= 4 is 17.3 Å². The molecule has 2 N–H and O–H groups in total. The normalized spacial score (nSPS) is 10.5. The number of aromatic carboxylic acids is 1. The number of benzene rings is 1. The van der Waals surface area contributed by atoms with Gasteiger partial charge in [-0.25, -0.2) is 9.78 Å². The second-order valence-corrected chi connectivity index (χ2v) is 4.90. The van der Waals surface area contributed by atoms with E-state index in [1.54, 1.807) is 5.38 Å². The molecule has 1 aromatic carbocycles. The number of carboxylic acids is 1. The van der Waals surface area contributed by atoms with Crippen LogP contribution >= 0.6 is 11.3 Å². The highest BCUT2D eigenvalue weighted by Crippen LogP contribution is 2.09. The first kappa shape index (κ1) is 12.7. The van der Waals surface area contributed by atoms with Crippen LogP contribution in [0.3, 0.4) is 0 Å². The number of aromatic nitrogens is 1. The third-order valence-electron chi connectivity index (χ3n) is 2.49. The number of hydrogen-bond donors (Lipinski definition) is 2. The van der Waals surface area contributed by atoms with Gasteiger partial charge in [-0.2, -0.15) is 0 Å². The number of carbonyl (C=O) groups is 1. The van der Waals surface area contributed by atoms with E-state index in [-0.39, 0.29) is 5.01 Å². The van der Waals surface area contributed by atoms with Crippen LogP contribution in [0.15, 0.2) is 29.6 Å². The fourth-order valence-corrected chi connectivity index (χ4v) is 2.18. The topological polar surface area (TPSA) is 62.2 Å². The van der Waals surface area contributed by atoms with Gasteiger partial charge in [-0.15, -0.1) is 11.3 Å². The van der Waals surface area contributed by atoms with E-state index >= 15 is 0 Å². The molecule has 18 heavy (non-hydrogen) atoms. The van der Waals surface area contributed by atoms with E-state index in [1.807, 2.05) is 0 Å². The molecule has 94 valence electrons. The minimum Gasteiger partial charge on any atom is -0.476 e. The molecule has 0 amide bonds. The molecule has 0 saturated carbocycles. The quantitative estimate of drug-likeness (QED) is 0.868. The lowest BCUT2D eigenvalue weighted by molar-refractivity contribution is 0.0696. The van der Waals surface area contributed by atoms with Crippen LogP contribution in [-0.4, -0.2) is 16.1 Å². The minimum atomic E-state index is -0.968. The van der Waals surface area contributed by atoms with Gasteiger partial charge in [-0.3, -0.25) is 0 Å². The van der Waals surface area contributed by atoms with Crippen LogP contribution in [-0.2, 0) is 13.1 Å². The van der Waals surface area contributed by atoms with E-state index < -0.39 is 5.97 Å². The van der Waals surface area contributed by atoms with Crippen LogP contribution in [0.2, 0.25) is 0 Å². The number of carboxylic acid groups (broad SMARTS) is 1. The van der Waals surface area contributed by atoms with Crippen molar-refractivity contribution in [1.29, 1.82) is 0 Å². The molecular weight excluding hydrogens is 248 g/mol. The summed E-state index contributed by atoms with van der Waals surface area (Å²) in [7, 11) is 0. The third-order valence-corrected chi connectivity index (χ3v) is 3.37. The molecule has 1 aromatic heterocycles. The maximum Gasteiger partial charge on any atom is 0.365 e. The first-order chi connectivity index (χ1) is 8.65. The average Bonchev–Trinajstić information content (AvgIpc) is 2.81. The number of rotatable bonds is 5. The predicted molar refractivity (Wildman–Crippen MR) is 70.8 cm³/mol. The lowest BCUT2D eigenvalue weighted by Gasteiger charge is -2.03. The highest BCUT2D eigenvalue weighted by atomic mass is 32.1. The standard InChI is InChI=1S/C13H14N2O2S/c1-9-2-4-10(5-3-9)6-14-7-11-8-18-12(15-11)13(16)17/h2-5,8,14H,6-7H2,1H3,(H,16,17). The largest absolute Gasteiger partial charge is 0.476 e. The third kappa shape index (κ3) is 3.38. The first-order valence-corrected chi connectivity index (χ1v) is 6.47. The molecule has 1 heterocycles. The van der Waals surface area contributed by atoms with Gasteiger partial charge in [0.25, 0.3) is 0 Å². The molecule has 0 radical (unpaired) electrons. The molecule has 4 nitrogen and oxygen atoms in total. The lowest BCUT2D eigenvalue weighted by Crippen LogP contribution is -2.13. The van der Waals surface area contributed by atoms with Crippen molar-refractivity contribution < 1.29 is 9.90 Å². The molecule has 0 aliphatic heterocycles. The van der Waals surface area contributed by atoms with Crippen molar-refractivity contribution in [2.45, 2.75) is 20.0 Å². The lowest BCUT2D eigenvalue weighted by atomic mass is 10.1. The van der Waals surface area contributed by atoms with Gasteiger partial charge in [0.15, 0.2) is 0 Å². The van der Waals surface area contributed by atoms with Crippen LogP contribution in [0.1, 0.15) is 26.6 Å². The summed E-state index contributed by atoms with van der Waals surface area (Å²) in [6, 6.07) is 8.29. The van der Waals surface area contributed by atoms with E-state index in [1.165, 1.54) is 11.1 Å². The highest BCUT2D eigenvalue weighted by Gasteiger charge is 2.08. The SMILES string of the molecule is Cc1ccc(CNCc2csc(C(=O)O)n2)cc1. The number of thiazole rings is 1. The van der Waals surface area contributed by atoms with Gasteiger partial charge in [0.1, 0.15) is 0 Å². The fourth-order valence-electron chi connectivity index (χ4n) is 1.53. The average molecular weight is 262 g/mol. The maximum atomic E-state index is 10.7. The summed E-state index contributed by atoms with van der Waals surface area (Å²) in [5.74, 6) is -0.968. The van der Waals surface area contributed by atoms with E-state index in [4.69, 9.17) is 5.11 Å². The summed E-state index contributed by atoms with van der Waals surface area (Å²) >= 11 is 1.16. The first-order valence-electron chi connectivity index (χ1n) is 5.59. The summed E-state index contributed by atoms with van der Waals surface area (Å²) in [6.45, 7) is 3.39. The molecular formula is C13H14N2O2S. The molecule has 0 fully saturated rings. The number of nitrogens with zero attached hydrogens (tertiary/aromatic N) is 1. The zero-order valence-corrected chi connectivity index (χ0v) is 10.8. The molecule has 0 unspecified atom stereocenters. The van der Waals surface area contributed by atoms with Gasteiger partial charge < -0.3 is 10.4 Å². The van der Waals surface area contributed by atoms with Crippen LogP contribution in [0, 0.1) is 6.92 Å². The smallest absolute Gasteiger partial charge is 0.365 e. The zero-order chi connectivity index (χ0) is 13.0. The van der Waals surface area contributed by atoms with Crippen LogP contribution in [0.5, 0.6) is 0 Å². The molecule has 2 aromatic rings. The Kier molecular flexibility index (Phi) is 4.07. The van der Waals surface area contributed by atoms with Crippen LogP contribution in [0.25, 0.3) is 0 Å². The second-order valence-electron chi connectivity index (χ2n) is 4.04. The van der Waals surface area contributed by atoms with Crippen molar-refractivity contribution in [3.8, 4) is 0 Å². The van der Waals surface area contributed by atoms with Gasteiger partial charge >= 0.3 is 5.97 Å². The van der Waals surface area contributed by atoms with Crippen molar-refractivity contribution in [3.05, 3.63) is 51.5 Å². The van der Waals surface area contributed by atoms with Crippen LogP contribution in [0.4, 0.5) is 0 Å². The van der Waals surface area contributed by atoms with E-state index in [0.29, 0.717) is 6.54 Å². The molecule has 0 bridgehead atoms. The Morgan fingerprint density at radius 2 is 2.06 bits per heavy atom. The van der Waals surface area contributed by atoms with Gasteiger partial charge in [0.05, 0.1) is 5.69 Å². The monoisotopic (exact) mass is 262 g/mol. The maximum absolute atomic E-state index is 10.7. The number of aryl methyl sites for hydroxylation is 1. The highest BCUT2D eigenvalue weighted by molar-refractivity contribution is 7.11. The number of hydrogen-bond acceptors (Lipinski definition) is 4. The van der Waals surface area contributed by atoms with E-state index in [9.17, 15) is 4.79 Å². The van der Waals surface area contributed by atoms with E-state index in [0.717, 1.165) is 23.6 Å².